The summed E-state index contributed by atoms with van der Waals surface area (Å²) < 4.78 is 11.4. The van der Waals surface area contributed by atoms with E-state index >= 15 is 0 Å². The minimum atomic E-state index is -1.52. The first kappa shape index (κ1) is 15.6. The van der Waals surface area contributed by atoms with Crippen LogP contribution in [-0.2, 0) is 5.60 Å². The third-order valence-corrected chi connectivity index (χ3v) is 4.96. The number of nitrogens with zero attached hydrogens (tertiary/aromatic N) is 1. The van der Waals surface area contributed by atoms with E-state index in [2.05, 4.69) is 10.3 Å². The molecule has 0 bridgehead atoms. The quantitative estimate of drug-likeness (QED) is 0.575. The number of aromatic nitrogens is 1. The Morgan fingerprint density at radius 3 is 2.80 bits per heavy atom. The first-order valence-corrected chi connectivity index (χ1v) is 8.41. The Morgan fingerprint density at radius 1 is 1.20 bits per heavy atom. The molecule has 0 aliphatic heterocycles. The molecule has 0 saturated carbocycles. The second-order valence-corrected chi connectivity index (χ2v) is 6.55. The fourth-order valence-corrected chi connectivity index (χ4v) is 3.48. The number of nitrogens with one attached hydrogen (secondary N) is 1. The van der Waals surface area contributed by atoms with E-state index in [9.17, 15) is 9.90 Å². The fraction of sp³-hybridized carbons (Fsp3) is 0.111. The standard InChI is InChI=1S/C18H14N2O4S/c21-16(17-20-13-4-1-2-5-14(13)25-17)19-11-18(22,12-7-9-23-10-12)15-6-3-8-24-15/h1-10,22H,11H2,(H,19,21)/t18-/m1/s1. The molecule has 25 heavy (non-hydrogen) atoms. The Bertz CT molecular complexity index is 922. The lowest BCUT2D eigenvalue weighted by Crippen LogP contribution is -2.41. The molecule has 3 heterocycles. The normalized spacial score (nSPS) is 13.6. The summed E-state index contributed by atoms with van der Waals surface area (Å²) in [6.45, 7) is -0.0746. The number of amides is 1. The smallest absolute Gasteiger partial charge is 0.280 e. The maximum absolute atomic E-state index is 12.5. The van der Waals surface area contributed by atoms with Crippen LogP contribution >= 0.6 is 11.3 Å². The van der Waals surface area contributed by atoms with E-state index in [4.69, 9.17) is 8.83 Å². The largest absolute Gasteiger partial charge is 0.472 e. The lowest BCUT2D eigenvalue weighted by Gasteiger charge is -2.24. The topological polar surface area (TPSA) is 88.5 Å². The van der Waals surface area contributed by atoms with Crippen molar-refractivity contribution in [3.05, 3.63) is 77.6 Å². The minimum Gasteiger partial charge on any atom is -0.472 e. The van der Waals surface area contributed by atoms with Gasteiger partial charge in [-0.15, -0.1) is 11.3 Å². The number of furan rings is 2. The number of carbonyl (C=O) groups is 1. The maximum atomic E-state index is 12.5. The highest BCUT2D eigenvalue weighted by molar-refractivity contribution is 7.20. The van der Waals surface area contributed by atoms with Gasteiger partial charge in [0.1, 0.15) is 5.76 Å². The minimum absolute atomic E-state index is 0.0746. The molecule has 0 aliphatic carbocycles. The van der Waals surface area contributed by atoms with Crippen LogP contribution in [0.5, 0.6) is 0 Å². The Labute approximate surface area is 146 Å². The third kappa shape index (κ3) is 2.84. The number of hydrogen-bond acceptors (Lipinski definition) is 6. The van der Waals surface area contributed by atoms with Crippen LogP contribution in [0, 0.1) is 0 Å². The van der Waals surface area contributed by atoms with Gasteiger partial charge in [0.15, 0.2) is 10.6 Å². The predicted octanol–water partition coefficient (Wildman–Crippen LogP) is 3.15. The first-order valence-electron chi connectivity index (χ1n) is 7.59. The number of para-hydroxylation sites is 1. The van der Waals surface area contributed by atoms with Crippen molar-refractivity contribution in [2.75, 3.05) is 6.54 Å². The molecule has 2 N–H and O–H groups in total. The highest BCUT2D eigenvalue weighted by atomic mass is 32.1. The van der Waals surface area contributed by atoms with E-state index in [1.54, 1.807) is 18.2 Å². The number of aliphatic hydroxyl groups is 1. The summed E-state index contributed by atoms with van der Waals surface area (Å²) in [7, 11) is 0. The molecule has 1 aromatic carbocycles. The molecule has 0 spiro atoms. The number of benzene rings is 1. The number of fused-ring (bicyclic) bond motifs is 1. The van der Waals surface area contributed by atoms with Crippen molar-refractivity contribution in [2.45, 2.75) is 5.60 Å². The van der Waals surface area contributed by atoms with Crippen LogP contribution < -0.4 is 5.32 Å². The number of carbonyl (C=O) groups excluding carboxylic acids is 1. The molecule has 6 nitrogen and oxygen atoms in total. The van der Waals surface area contributed by atoms with Gasteiger partial charge in [0, 0.05) is 5.56 Å². The summed E-state index contributed by atoms with van der Waals surface area (Å²) in [4.78, 5) is 16.8. The van der Waals surface area contributed by atoms with Crippen LogP contribution in [0.1, 0.15) is 21.1 Å². The summed E-state index contributed by atoms with van der Waals surface area (Å²) in [6, 6.07) is 12.5. The van der Waals surface area contributed by atoms with E-state index in [0.717, 1.165) is 10.2 Å². The molecular weight excluding hydrogens is 340 g/mol. The zero-order valence-electron chi connectivity index (χ0n) is 13.0. The number of rotatable bonds is 5. The second kappa shape index (κ2) is 6.19. The van der Waals surface area contributed by atoms with Crippen molar-refractivity contribution in [2.24, 2.45) is 0 Å². The molecule has 126 valence electrons. The fourth-order valence-electron chi connectivity index (χ4n) is 2.60. The summed E-state index contributed by atoms with van der Waals surface area (Å²) in [5, 5.41) is 14.2. The zero-order valence-corrected chi connectivity index (χ0v) is 13.8. The molecule has 0 aliphatic rings. The van der Waals surface area contributed by atoms with Gasteiger partial charge in [-0.05, 0) is 30.3 Å². The van der Waals surface area contributed by atoms with Crippen molar-refractivity contribution in [3.8, 4) is 0 Å². The Kier molecular flexibility index (Phi) is 3.87. The van der Waals surface area contributed by atoms with Crippen molar-refractivity contribution >= 4 is 27.5 Å². The first-order chi connectivity index (χ1) is 12.2. The summed E-state index contributed by atoms with van der Waals surface area (Å²) in [5.41, 5.74) is -0.260. The van der Waals surface area contributed by atoms with Crippen LogP contribution in [0.2, 0.25) is 0 Å². The van der Waals surface area contributed by atoms with Crippen LogP contribution in [0.4, 0.5) is 0 Å². The SMILES string of the molecule is O=C(NC[C@@](O)(c1ccoc1)c1ccco1)c1nc2ccccc2s1. The molecule has 7 heteroatoms. The van der Waals surface area contributed by atoms with Gasteiger partial charge in [-0.1, -0.05) is 12.1 Å². The van der Waals surface area contributed by atoms with Gasteiger partial charge < -0.3 is 19.3 Å². The Morgan fingerprint density at radius 2 is 2.08 bits per heavy atom. The van der Waals surface area contributed by atoms with Gasteiger partial charge in [0.05, 0.1) is 35.6 Å². The molecule has 0 fully saturated rings. The third-order valence-electron chi connectivity index (χ3n) is 3.92. The van der Waals surface area contributed by atoms with Gasteiger partial charge in [0.2, 0.25) is 0 Å². The van der Waals surface area contributed by atoms with E-state index in [1.165, 1.54) is 30.1 Å². The van der Waals surface area contributed by atoms with Crippen LogP contribution in [0.25, 0.3) is 10.2 Å². The molecule has 4 aromatic rings. The summed E-state index contributed by atoms with van der Waals surface area (Å²) >= 11 is 1.30. The Hall–Kier alpha value is -2.90. The summed E-state index contributed by atoms with van der Waals surface area (Å²) in [5.74, 6) is -0.0341. The average Bonchev–Trinajstić information content (AvgIpc) is 3.40. The van der Waals surface area contributed by atoms with E-state index in [0.29, 0.717) is 16.3 Å². The molecule has 3 aromatic heterocycles. The van der Waals surface area contributed by atoms with Crippen molar-refractivity contribution in [3.63, 3.8) is 0 Å². The van der Waals surface area contributed by atoms with E-state index in [1.807, 2.05) is 24.3 Å². The van der Waals surface area contributed by atoms with Gasteiger partial charge in [-0.2, -0.15) is 0 Å². The van der Waals surface area contributed by atoms with Crippen LogP contribution in [0.15, 0.2) is 70.1 Å². The van der Waals surface area contributed by atoms with Crippen molar-refractivity contribution in [1.82, 2.24) is 10.3 Å². The Balaban J connectivity index is 1.58. The van der Waals surface area contributed by atoms with Gasteiger partial charge in [-0.25, -0.2) is 4.98 Å². The van der Waals surface area contributed by atoms with Crippen LogP contribution in [-0.4, -0.2) is 22.5 Å². The molecule has 0 radical (unpaired) electrons. The molecule has 1 atom stereocenters. The molecule has 0 saturated heterocycles. The van der Waals surface area contributed by atoms with Gasteiger partial charge >= 0.3 is 0 Å². The lowest BCUT2D eigenvalue weighted by molar-refractivity contribution is 0.0520. The molecule has 4 rings (SSSR count). The highest BCUT2D eigenvalue weighted by Gasteiger charge is 2.36. The predicted molar refractivity (Wildman–Crippen MR) is 92.4 cm³/mol. The summed E-state index contributed by atoms with van der Waals surface area (Å²) in [6.07, 6.45) is 4.35. The maximum Gasteiger partial charge on any atom is 0.280 e. The monoisotopic (exact) mass is 354 g/mol. The average molecular weight is 354 g/mol. The molecule has 0 unspecified atom stereocenters. The molecular formula is C18H14N2O4S. The van der Waals surface area contributed by atoms with Crippen molar-refractivity contribution < 1.29 is 18.7 Å². The molecule has 1 amide bonds. The van der Waals surface area contributed by atoms with Gasteiger partial charge in [0.25, 0.3) is 5.91 Å². The van der Waals surface area contributed by atoms with Crippen LogP contribution in [0.3, 0.4) is 0 Å². The lowest BCUT2D eigenvalue weighted by atomic mass is 9.93. The zero-order chi connectivity index (χ0) is 17.3. The van der Waals surface area contributed by atoms with E-state index < -0.39 is 5.60 Å². The number of hydrogen-bond donors (Lipinski definition) is 2. The second-order valence-electron chi connectivity index (χ2n) is 5.52. The number of thiazole rings is 1. The van der Waals surface area contributed by atoms with Gasteiger partial charge in [-0.3, -0.25) is 4.79 Å². The van der Waals surface area contributed by atoms with E-state index in [-0.39, 0.29) is 12.5 Å². The highest BCUT2D eigenvalue weighted by Crippen LogP contribution is 2.30. The van der Waals surface area contributed by atoms with Crippen molar-refractivity contribution in [1.29, 1.82) is 0 Å².